The number of methoxy groups -OCH3 is 1. The van der Waals surface area contributed by atoms with Crippen LogP contribution in [-0.2, 0) is 24.1 Å². The highest BCUT2D eigenvalue weighted by Gasteiger charge is 2.42. The van der Waals surface area contributed by atoms with E-state index in [4.69, 9.17) is 4.74 Å². The van der Waals surface area contributed by atoms with Gasteiger partial charge in [-0.25, -0.2) is 0 Å². The Labute approximate surface area is 184 Å². The fraction of sp³-hybridized carbons (Fsp3) is 0.296. The Kier molecular flexibility index (Phi) is 5.58. The summed E-state index contributed by atoms with van der Waals surface area (Å²) in [5.41, 5.74) is 2.82. The molecule has 0 saturated carbocycles. The van der Waals surface area contributed by atoms with Crippen molar-refractivity contribution in [1.82, 2.24) is 4.90 Å². The molecule has 1 N–H and O–H groups in total. The van der Waals surface area contributed by atoms with Crippen molar-refractivity contribution in [2.45, 2.75) is 38.0 Å². The van der Waals surface area contributed by atoms with Gasteiger partial charge in [-0.05, 0) is 48.2 Å². The maximum absolute atomic E-state index is 12.2. The maximum Gasteiger partial charge on any atom is 0.131 e. The standard InChI is InChI=1S/C27H28N2O2/c1-26(2,18-28)22-13-14-25(31-3)24(15-22)27(30)19-29(16-20-9-5-4-6-10-20)17-21-11-7-8-12-23(21)27/h4-15,30H,16-17,19H2,1-3H3. The fourth-order valence-electron chi connectivity index (χ4n) is 4.44. The summed E-state index contributed by atoms with van der Waals surface area (Å²) in [4.78, 5) is 2.26. The van der Waals surface area contributed by atoms with E-state index in [1.54, 1.807) is 7.11 Å². The van der Waals surface area contributed by atoms with Crippen LogP contribution in [0.15, 0.2) is 72.8 Å². The summed E-state index contributed by atoms with van der Waals surface area (Å²) >= 11 is 0. The first kappa shape index (κ1) is 21.1. The number of benzene rings is 3. The Morgan fingerprint density at radius 1 is 1.03 bits per heavy atom. The van der Waals surface area contributed by atoms with Crippen molar-refractivity contribution in [3.63, 3.8) is 0 Å². The van der Waals surface area contributed by atoms with Crippen LogP contribution in [0.1, 0.15) is 41.7 Å². The largest absolute Gasteiger partial charge is 0.496 e. The van der Waals surface area contributed by atoms with Gasteiger partial charge in [-0.3, -0.25) is 4.90 Å². The van der Waals surface area contributed by atoms with E-state index >= 15 is 0 Å². The van der Waals surface area contributed by atoms with Crippen molar-refractivity contribution >= 4 is 0 Å². The van der Waals surface area contributed by atoms with E-state index in [1.807, 2.05) is 68.4 Å². The molecule has 158 valence electrons. The lowest BCUT2D eigenvalue weighted by Gasteiger charge is -2.42. The van der Waals surface area contributed by atoms with Crippen molar-refractivity contribution in [2.75, 3.05) is 13.7 Å². The first-order valence-electron chi connectivity index (χ1n) is 10.5. The van der Waals surface area contributed by atoms with Gasteiger partial charge in [0.1, 0.15) is 11.4 Å². The Bertz CT molecular complexity index is 1120. The normalized spacial score (nSPS) is 18.8. The van der Waals surface area contributed by atoms with Crippen LogP contribution in [0.4, 0.5) is 0 Å². The molecule has 4 heteroatoms. The predicted octanol–water partition coefficient (Wildman–Crippen LogP) is 4.75. The number of nitriles is 1. The van der Waals surface area contributed by atoms with Crippen LogP contribution in [0.2, 0.25) is 0 Å². The Hall–Kier alpha value is -3.13. The Morgan fingerprint density at radius 2 is 1.74 bits per heavy atom. The molecule has 0 aliphatic carbocycles. The van der Waals surface area contributed by atoms with Crippen molar-refractivity contribution in [2.24, 2.45) is 0 Å². The minimum Gasteiger partial charge on any atom is -0.496 e. The number of hydrogen-bond acceptors (Lipinski definition) is 4. The SMILES string of the molecule is COc1ccc(C(C)(C)C#N)cc1C1(O)CN(Cc2ccccc2)Cc2ccccc21. The summed E-state index contributed by atoms with van der Waals surface area (Å²) in [6.07, 6.45) is 0. The van der Waals surface area contributed by atoms with E-state index in [2.05, 4.69) is 29.2 Å². The van der Waals surface area contributed by atoms with Crippen LogP contribution in [-0.4, -0.2) is 23.7 Å². The Morgan fingerprint density at radius 3 is 2.45 bits per heavy atom. The monoisotopic (exact) mass is 412 g/mol. The molecule has 0 spiro atoms. The number of fused-ring (bicyclic) bond motifs is 1. The van der Waals surface area contributed by atoms with Gasteiger partial charge >= 0.3 is 0 Å². The molecule has 4 rings (SSSR count). The molecule has 0 fully saturated rings. The van der Waals surface area contributed by atoms with Gasteiger partial charge in [0.15, 0.2) is 0 Å². The second-order valence-electron chi connectivity index (χ2n) is 8.80. The summed E-state index contributed by atoms with van der Waals surface area (Å²) in [6.45, 7) is 5.71. The van der Waals surface area contributed by atoms with E-state index in [0.717, 1.165) is 29.8 Å². The highest BCUT2D eigenvalue weighted by Crippen LogP contribution is 2.43. The smallest absolute Gasteiger partial charge is 0.131 e. The number of rotatable bonds is 5. The van der Waals surface area contributed by atoms with Crippen molar-refractivity contribution in [3.05, 3.63) is 101 Å². The van der Waals surface area contributed by atoms with E-state index in [-0.39, 0.29) is 0 Å². The van der Waals surface area contributed by atoms with Gasteiger partial charge in [0.25, 0.3) is 0 Å². The van der Waals surface area contributed by atoms with E-state index < -0.39 is 11.0 Å². The first-order chi connectivity index (χ1) is 14.9. The average Bonchev–Trinajstić information content (AvgIpc) is 2.79. The minimum atomic E-state index is -1.25. The lowest BCUT2D eigenvalue weighted by molar-refractivity contribution is 0.0136. The molecular weight excluding hydrogens is 384 g/mol. The molecule has 0 saturated heterocycles. The number of nitrogens with zero attached hydrogens (tertiary/aromatic N) is 2. The van der Waals surface area contributed by atoms with Gasteiger partial charge in [-0.1, -0.05) is 60.7 Å². The topological polar surface area (TPSA) is 56.5 Å². The predicted molar refractivity (Wildman–Crippen MR) is 122 cm³/mol. The van der Waals surface area contributed by atoms with E-state index in [9.17, 15) is 10.4 Å². The highest BCUT2D eigenvalue weighted by atomic mass is 16.5. The van der Waals surface area contributed by atoms with Crippen molar-refractivity contribution in [3.8, 4) is 11.8 Å². The number of β-amino-alcohol motifs (C(OH)–C–C–N with tert-alkyl or cyclic N) is 1. The van der Waals surface area contributed by atoms with Gasteiger partial charge in [0, 0.05) is 25.2 Å². The van der Waals surface area contributed by atoms with Crippen molar-refractivity contribution in [1.29, 1.82) is 5.26 Å². The number of aliphatic hydroxyl groups is 1. The molecule has 1 atom stereocenters. The van der Waals surface area contributed by atoms with Crippen LogP contribution in [0.5, 0.6) is 5.75 Å². The molecule has 3 aromatic carbocycles. The summed E-state index contributed by atoms with van der Waals surface area (Å²) < 4.78 is 5.67. The van der Waals surface area contributed by atoms with Gasteiger partial charge in [0.05, 0.1) is 18.6 Å². The first-order valence-corrected chi connectivity index (χ1v) is 10.5. The second-order valence-corrected chi connectivity index (χ2v) is 8.80. The van der Waals surface area contributed by atoms with E-state index in [0.29, 0.717) is 17.9 Å². The molecule has 31 heavy (non-hydrogen) atoms. The lowest BCUT2D eigenvalue weighted by atomic mass is 9.77. The summed E-state index contributed by atoms with van der Waals surface area (Å²) in [7, 11) is 1.62. The van der Waals surface area contributed by atoms with Gasteiger partial charge in [-0.15, -0.1) is 0 Å². The molecule has 3 aromatic rings. The molecule has 1 aliphatic heterocycles. The molecular formula is C27H28N2O2. The summed E-state index contributed by atoms with van der Waals surface area (Å²) in [5, 5.41) is 21.9. The highest BCUT2D eigenvalue weighted by molar-refractivity contribution is 5.52. The molecule has 0 aromatic heterocycles. The van der Waals surface area contributed by atoms with Crippen LogP contribution in [0.25, 0.3) is 0 Å². The van der Waals surface area contributed by atoms with Crippen molar-refractivity contribution < 1.29 is 9.84 Å². The molecule has 1 heterocycles. The molecule has 1 aliphatic rings. The van der Waals surface area contributed by atoms with Crippen LogP contribution >= 0.6 is 0 Å². The van der Waals surface area contributed by atoms with Crippen LogP contribution < -0.4 is 4.74 Å². The third kappa shape index (κ3) is 3.95. The third-order valence-corrected chi connectivity index (χ3v) is 6.20. The zero-order valence-corrected chi connectivity index (χ0v) is 18.3. The van der Waals surface area contributed by atoms with Gasteiger partial charge in [-0.2, -0.15) is 5.26 Å². The number of hydrogen-bond donors (Lipinski definition) is 1. The quantitative estimate of drug-likeness (QED) is 0.657. The van der Waals surface area contributed by atoms with Gasteiger partial charge in [0.2, 0.25) is 0 Å². The third-order valence-electron chi connectivity index (χ3n) is 6.20. The molecule has 0 radical (unpaired) electrons. The zero-order valence-electron chi connectivity index (χ0n) is 18.3. The maximum atomic E-state index is 12.2. The molecule has 4 nitrogen and oxygen atoms in total. The van der Waals surface area contributed by atoms with Crippen LogP contribution in [0, 0.1) is 11.3 Å². The second kappa shape index (κ2) is 8.19. The van der Waals surface area contributed by atoms with E-state index in [1.165, 1.54) is 5.56 Å². The molecule has 0 bridgehead atoms. The summed E-state index contributed by atoms with van der Waals surface area (Å²) in [5.74, 6) is 0.622. The average molecular weight is 413 g/mol. The molecule has 1 unspecified atom stereocenters. The zero-order chi connectivity index (χ0) is 22.1. The minimum absolute atomic E-state index is 0.436. The fourth-order valence-corrected chi connectivity index (χ4v) is 4.44. The van der Waals surface area contributed by atoms with Gasteiger partial charge < -0.3 is 9.84 Å². The number of ether oxygens (including phenoxy) is 1. The molecule has 0 amide bonds. The van der Waals surface area contributed by atoms with Crippen LogP contribution in [0.3, 0.4) is 0 Å². The summed E-state index contributed by atoms with van der Waals surface area (Å²) in [6, 6.07) is 26.4. The lowest BCUT2D eigenvalue weighted by Crippen LogP contribution is -2.46. The Balaban J connectivity index is 1.84.